The molecule has 3 heterocycles. The van der Waals surface area contributed by atoms with Gasteiger partial charge in [-0.1, -0.05) is 31.2 Å². The number of aromatic nitrogens is 6. The van der Waals surface area contributed by atoms with Crippen LogP contribution in [0.4, 0.5) is 0 Å². The van der Waals surface area contributed by atoms with E-state index in [4.69, 9.17) is 31.0 Å². The van der Waals surface area contributed by atoms with E-state index < -0.39 is 8.07 Å². The fourth-order valence-electron chi connectivity index (χ4n) is 6.06. The third kappa shape index (κ3) is 7.40. The Morgan fingerprint density at radius 1 is 1.00 bits per heavy atom. The Morgan fingerprint density at radius 2 is 1.78 bits per heavy atom. The van der Waals surface area contributed by atoms with Crippen LogP contribution in [0, 0.1) is 12.8 Å². The Bertz CT molecular complexity index is 1790. The Balaban J connectivity index is 1.18. The fraction of sp³-hybridized carbons (Fsp3) is 0.471. The highest BCUT2D eigenvalue weighted by Crippen LogP contribution is 2.36. The summed E-state index contributed by atoms with van der Waals surface area (Å²) in [5, 5.41) is 5.07. The maximum absolute atomic E-state index is 6.91. The van der Waals surface area contributed by atoms with Crippen LogP contribution in [-0.4, -0.2) is 69.0 Å². The molecule has 1 aliphatic rings. The van der Waals surface area contributed by atoms with E-state index in [2.05, 4.69) is 59.5 Å². The Kier molecular flexibility index (Phi) is 9.28. The molecule has 1 saturated carbocycles. The van der Waals surface area contributed by atoms with E-state index in [9.17, 15) is 0 Å². The van der Waals surface area contributed by atoms with Crippen molar-refractivity contribution in [3.8, 4) is 22.8 Å². The van der Waals surface area contributed by atoms with Crippen molar-refractivity contribution in [2.45, 2.75) is 77.6 Å². The molecule has 2 aromatic carbocycles. The van der Waals surface area contributed by atoms with Crippen molar-refractivity contribution in [1.82, 2.24) is 34.2 Å². The second-order valence-electron chi connectivity index (χ2n) is 13.8. The highest BCUT2D eigenvalue weighted by Gasteiger charge is 2.23. The van der Waals surface area contributed by atoms with E-state index in [0.29, 0.717) is 46.2 Å². The molecule has 0 N–H and O–H groups in total. The van der Waals surface area contributed by atoms with Crippen LogP contribution in [0.5, 0.6) is 11.5 Å². The smallest absolute Gasteiger partial charge is 0.148 e. The molecule has 0 atom stereocenters. The lowest BCUT2D eigenvalue weighted by atomic mass is 9.85. The number of ether oxygens (including phenoxy) is 2. The zero-order chi connectivity index (χ0) is 31.7. The lowest BCUT2D eigenvalue weighted by Crippen LogP contribution is -2.33. The first-order chi connectivity index (χ1) is 21.5. The number of hydrogen-bond donors (Lipinski definition) is 0. The molecule has 0 radical (unpaired) electrons. The van der Waals surface area contributed by atoms with Crippen molar-refractivity contribution in [3.63, 3.8) is 0 Å². The van der Waals surface area contributed by atoms with Gasteiger partial charge < -0.3 is 18.9 Å². The number of hydrogen-bond acceptors (Lipinski definition) is 7. The summed E-state index contributed by atoms with van der Waals surface area (Å²) in [6.45, 7) is 11.2. The number of imidazole rings is 1. The van der Waals surface area contributed by atoms with E-state index in [1.54, 1.807) is 6.20 Å². The highest BCUT2D eigenvalue weighted by molar-refractivity contribution is 6.76. The second kappa shape index (κ2) is 13.2. The molecule has 45 heavy (non-hydrogen) atoms. The van der Waals surface area contributed by atoms with Crippen molar-refractivity contribution in [1.29, 1.82) is 0 Å². The van der Waals surface area contributed by atoms with Crippen LogP contribution >= 0.6 is 11.6 Å². The summed E-state index contributed by atoms with van der Waals surface area (Å²) in [5.74, 6) is 2.74. The van der Waals surface area contributed by atoms with Crippen LogP contribution < -0.4 is 4.74 Å². The number of rotatable bonds is 11. The third-order valence-electron chi connectivity index (χ3n) is 8.89. The van der Waals surface area contributed by atoms with E-state index in [-0.39, 0.29) is 0 Å². The van der Waals surface area contributed by atoms with Gasteiger partial charge in [0.25, 0.3) is 0 Å². The monoisotopic (exact) mass is 645 g/mol. The molecule has 1 fully saturated rings. The summed E-state index contributed by atoms with van der Waals surface area (Å²) in [4.78, 5) is 16.6. The summed E-state index contributed by atoms with van der Waals surface area (Å²) in [7, 11) is 3.21. The normalized spacial score (nSPS) is 17.5. The molecule has 6 rings (SSSR count). The SMILES string of the molecule is Cc1nc2ccc(Oc3ccc4ncc(-c5cnn(CC6CCC(N(C)C)CC6)c5)nc4c3Cl)cc2n1COCC[Si](C)(C)C. The quantitative estimate of drug-likeness (QED) is 0.106. The standard InChI is InChI=1S/C34H44ClN7O2Si/c1-23-38-28-12-11-27(17-31(28)42(23)22-43-15-16-45(4,5)6)44-32-14-13-29-34(33(32)35)39-30(19-36-29)25-18-37-41(21-25)20-24-7-9-26(10-8-24)40(2)3/h11-14,17-19,21,24,26H,7-10,15-16,20,22H2,1-6H3. The first kappa shape index (κ1) is 31.7. The number of fused-ring (bicyclic) bond motifs is 2. The van der Waals surface area contributed by atoms with Crippen LogP contribution in [-0.2, 0) is 18.0 Å². The topological polar surface area (TPSA) is 83.1 Å². The van der Waals surface area contributed by atoms with Crippen LogP contribution in [0.1, 0.15) is 31.5 Å². The summed E-state index contributed by atoms with van der Waals surface area (Å²) in [6.07, 6.45) is 10.7. The minimum Gasteiger partial charge on any atom is -0.456 e. The largest absolute Gasteiger partial charge is 0.456 e. The van der Waals surface area contributed by atoms with Crippen molar-refractivity contribution in [3.05, 3.63) is 59.8 Å². The summed E-state index contributed by atoms with van der Waals surface area (Å²) in [6, 6.07) is 11.4. The predicted octanol–water partition coefficient (Wildman–Crippen LogP) is 8.03. The molecule has 0 bridgehead atoms. The Morgan fingerprint density at radius 3 is 2.53 bits per heavy atom. The van der Waals surface area contributed by atoms with E-state index in [0.717, 1.165) is 47.3 Å². The van der Waals surface area contributed by atoms with Crippen LogP contribution in [0.3, 0.4) is 0 Å². The van der Waals surface area contributed by atoms with Crippen molar-refractivity contribution < 1.29 is 9.47 Å². The molecule has 0 amide bonds. The molecule has 3 aromatic heterocycles. The first-order valence-electron chi connectivity index (χ1n) is 15.9. The molecule has 238 valence electrons. The average molecular weight is 646 g/mol. The number of halogens is 1. The van der Waals surface area contributed by atoms with Gasteiger partial charge in [0.1, 0.15) is 34.6 Å². The zero-order valence-corrected chi connectivity index (χ0v) is 29.0. The fourth-order valence-corrected chi connectivity index (χ4v) is 7.06. The third-order valence-corrected chi connectivity index (χ3v) is 11.0. The molecule has 9 nitrogen and oxygen atoms in total. The predicted molar refractivity (Wildman–Crippen MR) is 184 cm³/mol. The van der Waals surface area contributed by atoms with Crippen LogP contribution in [0.25, 0.3) is 33.3 Å². The lowest BCUT2D eigenvalue weighted by molar-refractivity contribution is 0.0885. The summed E-state index contributed by atoms with van der Waals surface area (Å²) >= 11 is 6.91. The van der Waals surface area contributed by atoms with Gasteiger partial charge in [-0.2, -0.15) is 5.10 Å². The van der Waals surface area contributed by atoms with Gasteiger partial charge in [0.05, 0.1) is 34.6 Å². The summed E-state index contributed by atoms with van der Waals surface area (Å²) < 4.78 is 16.5. The van der Waals surface area contributed by atoms with Crippen LogP contribution in [0.2, 0.25) is 30.7 Å². The zero-order valence-electron chi connectivity index (χ0n) is 27.3. The van der Waals surface area contributed by atoms with E-state index >= 15 is 0 Å². The molecule has 0 unspecified atom stereocenters. The average Bonchev–Trinajstić information content (AvgIpc) is 3.60. The molecular weight excluding hydrogens is 602 g/mol. The van der Waals surface area contributed by atoms with Crippen molar-refractivity contribution in [2.75, 3.05) is 20.7 Å². The summed E-state index contributed by atoms with van der Waals surface area (Å²) in [5.41, 5.74) is 4.82. The van der Waals surface area contributed by atoms with E-state index in [1.165, 1.54) is 25.7 Å². The molecule has 5 aromatic rings. The van der Waals surface area contributed by atoms with Crippen LogP contribution in [0.15, 0.2) is 48.9 Å². The molecule has 0 aliphatic heterocycles. The molecular formula is C34H44ClN7O2Si. The molecule has 1 aliphatic carbocycles. The highest BCUT2D eigenvalue weighted by atomic mass is 35.5. The van der Waals surface area contributed by atoms with Gasteiger partial charge in [0.2, 0.25) is 0 Å². The van der Waals surface area contributed by atoms with Gasteiger partial charge in [-0.05, 0) is 82.9 Å². The minimum atomic E-state index is -1.16. The molecule has 0 spiro atoms. The number of benzene rings is 2. The van der Waals surface area contributed by atoms with Gasteiger partial charge in [-0.15, -0.1) is 0 Å². The van der Waals surface area contributed by atoms with Gasteiger partial charge in [-0.3, -0.25) is 9.67 Å². The second-order valence-corrected chi connectivity index (χ2v) is 19.8. The maximum atomic E-state index is 6.91. The van der Waals surface area contributed by atoms with Crippen molar-refractivity contribution in [2.24, 2.45) is 5.92 Å². The number of nitrogens with zero attached hydrogens (tertiary/aromatic N) is 7. The molecule has 0 saturated heterocycles. The Labute approximate surface area is 271 Å². The minimum absolute atomic E-state index is 0.423. The lowest BCUT2D eigenvalue weighted by Gasteiger charge is -2.32. The molecule has 11 heteroatoms. The van der Waals surface area contributed by atoms with Crippen molar-refractivity contribution >= 4 is 41.7 Å². The van der Waals surface area contributed by atoms with Gasteiger partial charge >= 0.3 is 0 Å². The number of aryl methyl sites for hydroxylation is 1. The van der Waals surface area contributed by atoms with E-state index in [1.807, 2.05) is 48.1 Å². The van der Waals surface area contributed by atoms with Gasteiger partial charge in [0, 0.05) is 45.1 Å². The van der Waals surface area contributed by atoms with Gasteiger partial charge in [0.15, 0.2) is 0 Å². The van der Waals surface area contributed by atoms with Gasteiger partial charge in [-0.25, -0.2) is 9.97 Å². The Hall–Kier alpha value is -3.31. The first-order valence-corrected chi connectivity index (χ1v) is 20.0. The maximum Gasteiger partial charge on any atom is 0.148 e.